The molecule has 0 radical (unpaired) electrons. The number of thiophene rings is 1. The van der Waals surface area contributed by atoms with E-state index in [2.05, 4.69) is 10.2 Å². The molecule has 0 bridgehead atoms. The Morgan fingerprint density at radius 1 is 1.60 bits per heavy atom. The molecule has 0 fully saturated rings. The van der Waals surface area contributed by atoms with Gasteiger partial charge in [0.15, 0.2) is 0 Å². The molecule has 0 spiro atoms. The molecule has 8 heteroatoms. The van der Waals surface area contributed by atoms with Crippen LogP contribution in [0.25, 0.3) is 10.8 Å². The third-order valence-corrected chi connectivity index (χ3v) is 4.21. The van der Waals surface area contributed by atoms with E-state index in [1.54, 1.807) is 18.3 Å². The number of ether oxygens (including phenoxy) is 1. The van der Waals surface area contributed by atoms with Crippen LogP contribution in [0.2, 0.25) is 0 Å². The van der Waals surface area contributed by atoms with Gasteiger partial charge in [0.2, 0.25) is 5.89 Å². The fourth-order valence-corrected chi connectivity index (χ4v) is 2.85. The largest absolute Gasteiger partial charge is 0.465 e. The number of nitrogens with zero attached hydrogens (tertiary/aromatic N) is 2. The Hall–Kier alpha value is -1.38. The first-order chi connectivity index (χ1) is 9.70. The molecule has 6 nitrogen and oxygen atoms in total. The standard InChI is InChI=1S/C12H15N3O3S2/c1-2-17-12(16)8(13)6-19-7-10-14-15-11(18-10)9-4-3-5-20-9/h3-5,8H,2,6-7,13H2,1H3. The molecule has 1 unspecified atom stereocenters. The van der Waals surface area contributed by atoms with Gasteiger partial charge in [0.25, 0.3) is 5.89 Å². The molecule has 108 valence electrons. The molecule has 0 saturated carbocycles. The highest BCUT2D eigenvalue weighted by Gasteiger charge is 2.15. The van der Waals surface area contributed by atoms with Gasteiger partial charge < -0.3 is 14.9 Å². The maximum Gasteiger partial charge on any atom is 0.323 e. The van der Waals surface area contributed by atoms with Crippen molar-refractivity contribution < 1.29 is 13.9 Å². The second kappa shape index (κ2) is 7.41. The van der Waals surface area contributed by atoms with E-state index in [-0.39, 0.29) is 5.97 Å². The van der Waals surface area contributed by atoms with Crippen molar-refractivity contribution in [1.29, 1.82) is 0 Å². The molecule has 0 amide bonds. The minimum atomic E-state index is -0.625. The first-order valence-electron chi connectivity index (χ1n) is 6.07. The lowest BCUT2D eigenvalue weighted by atomic mass is 10.4. The van der Waals surface area contributed by atoms with Gasteiger partial charge in [-0.1, -0.05) is 6.07 Å². The molecular formula is C12H15N3O3S2. The first-order valence-corrected chi connectivity index (χ1v) is 8.10. The highest BCUT2D eigenvalue weighted by atomic mass is 32.2. The zero-order valence-corrected chi connectivity index (χ0v) is 12.6. The van der Waals surface area contributed by atoms with Gasteiger partial charge in [-0.2, -0.15) is 0 Å². The van der Waals surface area contributed by atoms with E-state index in [9.17, 15) is 4.79 Å². The smallest absolute Gasteiger partial charge is 0.323 e. The highest BCUT2D eigenvalue weighted by Crippen LogP contribution is 2.24. The Labute approximate surface area is 124 Å². The maximum absolute atomic E-state index is 11.3. The van der Waals surface area contributed by atoms with Crippen molar-refractivity contribution in [3.63, 3.8) is 0 Å². The van der Waals surface area contributed by atoms with Crippen LogP contribution in [-0.2, 0) is 15.3 Å². The number of hydrogen-bond acceptors (Lipinski definition) is 8. The number of carbonyl (C=O) groups is 1. The van der Waals surface area contributed by atoms with E-state index >= 15 is 0 Å². The molecule has 0 aliphatic carbocycles. The average Bonchev–Trinajstić information content (AvgIpc) is 3.09. The zero-order chi connectivity index (χ0) is 14.4. The van der Waals surface area contributed by atoms with Crippen molar-refractivity contribution in [1.82, 2.24) is 10.2 Å². The van der Waals surface area contributed by atoms with E-state index in [4.69, 9.17) is 14.9 Å². The molecule has 0 aliphatic rings. The summed E-state index contributed by atoms with van der Waals surface area (Å²) in [5.74, 6) is 1.63. The summed E-state index contributed by atoms with van der Waals surface area (Å²) in [6, 6.07) is 3.22. The van der Waals surface area contributed by atoms with Gasteiger partial charge in [0.05, 0.1) is 17.2 Å². The summed E-state index contributed by atoms with van der Waals surface area (Å²) in [5, 5.41) is 9.89. The molecule has 2 aromatic rings. The van der Waals surface area contributed by atoms with Crippen LogP contribution in [0.5, 0.6) is 0 Å². The van der Waals surface area contributed by atoms with Gasteiger partial charge in [0, 0.05) is 5.75 Å². The van der Waals surface area contributed by atoms with Crippen molar-refractivity contribution in [2.24, 2.45) is 5.73 Å². The number of rotatable bonds is 7. The van der Waals surface area contributed by atoms with Crippen LogP contribution in [0, 0.1) is 0 Å². The summed E-state index contributed by atoms with van der Waals surface area (Å²) < 4.78 is 10.4. The second-order valence-electron chi connectivity index (χ2n) is 3.85. The summed E-state index contributed by atoms with van der Waals surface area (Å²) in [6.45, 7) is 2.09. The number of esters is 1. The van der Waals surface area contributed by atoms with Crippen molar-refractivity contribution in [2.45, 2.75) is 18.7 Å². The second-order valence-corrected chi connectivity index (χ2v) is 5.83. The van der Waals surface area contributed by atoms with Gasteiger partial charge in [0.1, 0.15) is 6.04 Å². The molecular weight excluding hydrogens is 298 g/mol. The summed E-state index contributed by atoms with van der Waals surface area (Å²) in [6.07, 6.45) is 0. The van der Waals surface area contributed by atoms with E-state index < -0.39 is 6.04 Å². The minimum absolute atomic E-state index is 0.338. The Morgan fingerprint density at radius 3 is 3.15 bits per heavy atom. The number of nitrogens with two attached hydrogens (primary N) is 1. The molecule has 2 aromatic heterocycles. The normalized spacial score (nSPS) is 12.3. The van der Waals surface area contributed by atoms with Crippen LogP contribution < -0.4 is 5.73 Å². The fourth-order valence-electron chi connectivity index (χ4n) is 1.40. The van der Waals surface area contributed by atoms with E-state index in [0.717, 1.165) is 4.88 Å². The van der Waals surface area contributed by atoms with Gasteiger partial charge in [-0.25, -0.2) is 0 Å². The molecule has 2 rings (SSSR count). The van der Waals surface area contributed by atoms with Crippen LogP contribution in [0.15, 0.2) is 21.9 Å². The predicted molar refractivity (Wildman–Crippen MR) is 78.4 cm³/mol. The van der Waals surface area contributed by atoms with Gasteiger partial charge >= 0.3 is 5.97 Å². The van der Waals surface area contributed by atoms with Crippen LogP contribution in [0.1, 0.15) is 12.8 Å². The lowest BCUT2D eigenvalue weighted by Gasteiger charge is -2.08. The molecule has 2 N–H and O–H groups in total. The number of hydrogen-bond donors (Lipinski definition) is 1. The van der Waals surface area contributed by atoms with Crippen molar-refractivity contribution >= 4 is 29.1 Å². The Morgan fingerprint density at radius 2 is 2.45 bits per heavy atom. The lowest BCUT2D eigenvalue weighted by Crippen LogP contribution is -2.34. The zero-order valence-electron chi connectivity index (χ0n) is 10.9. The number of carbonyl (C=O) groups excluding carboxylic acids is 1. The van der Waals surface area contributed by atoms with Crippen molar-refractivity contribution in [3.8, 4) is 10.8 Å². The van der Waals surface area contributed by atoms with Crippen LogP contribution in [0.3, 0.4) is 0 Å². The highest BCUT2D eigenvalue weighted by molar-refractivity contribution is 7.98. The van der Waals surface area contributed by atoms with Crippen molar-refractivity contribution in [3.05, 3.63) is 23.4 Å². The summed E-state index contributed by atoms with van der Waals surface area (Å²) in [5.41, 5.74) is 5.69. The van der Waals surface area contributed by atoms with Gasteiger partial charge in [-0.15, -0.1) is 33.3 Å². The Bertz CT molecular complexity index is 542. The van der Waals surface area contributed by atoms with E-state index in [1.165, 1.54) is 11.8 Å². The van der Waals surface area contributed by atoms with Crippen LogP contribution in [-0.4, -0.2) is 34.6 Å². The first kappa shape index (κ1) is 15.0. The molecule has 0 aliphatic heterocycles. The lowest BCUT2D eigenvalue weighted by molar-refractivity contribution is -0.144. The van der Waals surface area contributed by atoms with Gasteiger partial charge in [-0.05, 0) is 18.4 Å². The predicted octanol–water partition coefficient (Wildman–Crippen LogP) is 1.92. The Balaban J connectivity index is 1.79. The summed E-state index contributed by atoms with van der Waals surface area (Å²) in [7, 11) is 0. The third kappa shape index (κ3) is 4.06. The maximum atomic E-state index is 11.3. The van der Waals surface area contributed by atoms with Crippen molar-refractivity contribution in [2.75, 3.05) is 12.4 Å². The molecule has 1 atom stereocenters. The van der Waals surface area contributed by atoms with E-state index in [0.29, 0.717) is 29.9 Å². The summed E-state index contributed by atoms with van der Waals surface area (Å²) >= 11 is 3.00. The molecule has 0 aromatic carbocycles. The minimum Gasteiger partial charge on any atom is -0.465 e. The quantitative estimate of drug-likeness (QED) is 0.781. The number of aromatic nitrogens is 2. The van der Waals surface area contributed by atoms with Crippen LogP contribution >= 0.6 is 23.1 Å². The molecule has 0 saturated heterocycles. The Kier molecular flexibility index (Phi) is 5.57. The summed E-state index contributed by atoms with van der Waals surface area (Å²) in [4.78, 5) is 12.3. The molecule has 2 heterocycles. The topological polar surface area (TPSA) is 91.2 Å². The van der Waals surface area contributed by atoms with E-state index in [1.807, 2.05) is 17.5 Å². The van der Waals surface area contributed by atoms with Crippen LogP contribution in [0.4, 0.5) is 0 Å². The SMILES string of the molecule is CCOC(=O)C(N)CSCc1nnc(-c2cccs2)o1. The fraction of sp³-hybridized carbons (Fsp3) is 0.417. The van der Waals surface area contributed by atoms with Gasteiger partial charge in [-0.3, -0.25) is 4.79 Å². The molecule has 20 heavy (non-hydrogen) atoms. The number of thioether (sulfide) groups is 1. The monoisotopic (exact) mass is 313 g/mol. The third-order valence-electron chi connectivity index (χ3n) is 2.31. The average molecular weight is 313 g/mol.